The molecule has 172 valence electrons. The fourth-order valence-corrected chi connectivity index (χ4v) is 2.70. The van der Waals surface area contributed by atoms with Crippen molar-refractivity contribution in [2.45, 2.75) is 80.4 Å². The van der Waals surface area contributed by atoms with Gasteiger partial charge in [-0.25, -0.2) is 0 Å². The van der Waals surface area contributed by atoms with Crippen molar-refractivity contribution >= 4 is 0 Å². The molecule has 0 saturated carbocycles. The second-order valence-electron chi connectivity index (χ2n) is 7.31. The first-order valence-corrected chi connectivity index (χ1v) is 10.4. The summed E-state index contributed by atoms with van der Waals surface area (Å²) in [4.78, 5) is 0. The lowest BCUT2D eigenvalue weighted by Gasteiger charge is -2.10. The van der Waals surface area contributed by atoms with E-state index in [1.54, 1.807) is 7.11 Å². The number of hydrogen-bond acceptors (Lipinski definition) is 3. The molecule has 0 bridgehead atoms. The molecule has 0 fully saturated rings. The Balaban J connectivity index is 0. The van der Waals surface area contributed by atoms with Crippen LogP contribution in [0.15, 0.2) is 48.5 Å². The molecule has 0 aliphatic rings. The van der Waals surface area contributed by atoms with Crippen LogP contribution in [0.25, 0.3) is 0 Å². The molecule has 3 nitrogen and oxygen atoms in total. The summed E-state index contributed by atoms with van der Waals surface area (Å²) in [5, 5.41) is 8.82. The monoisotopic (exact) mass is 418 g/mol. The lowest BCUT2D eigenvalue weighted by Crippen LogP contribution is -2.02. The van der Waals surface area contributed by atoms with E-state index in [-0.39, 0.29) is 21.5 Å². The van der Waals surface area contributed by atoms with Gasteiger partial charge in [-0.15, -0.1) is 0 Å². The highest BCUT2D eigenvalue weighted by Gasteiger charge is 2.02. The van der Waals surface area contributed by atoms with Crippen LogP contribution in [0.5, 0.6) is 0 Å². The minimum absolute atomic E-state index is 0. The number of ether oxygens (including phenoxy) is 2. The quantitative estimate of drug-likeness (QED) is 0.411. The highest BCUT2D eigenvalue weighted by molar-refractivity contribution is 5.25. The van der Waals surface area contributed by atoms with E-state index in [1.165, 1.54) is 29.5 Å². The Morgan fingerprint density at radius 3 is 1.53 bits per heavy atom. The first-order chi connectivity index (χ1) is 13.5. The predicted octanol–water partition coefficient (Wildman–Crippen LogP) is 7.33. The number of aliphatic hydroxyl groups is 1. The third-order valence-electron chi connectivity index (χ3n) is 5.21. The third-order valence-corrected chi connectivity index (χ3v) is 5.21. The molecule has 2 aromatic rings. The van der Waals surface area contributed by atoms with Crippen molar-refractivity contribution in [1.29, 1.82) is 0 Å². The van der Waals surface area contributed by atoms with E-state index in [1.807, 2.05) is 12.1 Å². The molecular weight excluding hydrogens is 372 g/mol. The molecule has 0 aromatic heterocycles. The highest BCUT2D eigenvalue weighted by Crippen LogP contribution is 2.19. The molecule has 0 aliphatic carbocycles. The summed E-state index contributed by atoms with van der Waals surface area (Å²) in [7, 11) is 1.68. The lowest BCUT2D eigenvalue weighted by atomic mass is 9.98. The molecule has 2 aromatic carbocycles. The summed E-state index contributed by atoms with van der Waals surface area (Å²) in [6.07, 6.45) is 2.35. The van der Waals surface area contributed by atoms with Crippen LogP contribution < -0.4 is 0 Å². The van der Waals surface area contributed by atoms with E-state index in [0.29, 0.717) is 31.7 Å². The van der Waals surface area contributed by atoms with Gasteiger partial charge in [-0.05, 0) is 46.9 Å². The molecule has 30 heavy (non-hydrogen) atoms. The van der Waals surface area contributed by atoms with Gasteiger partial charge in [0.2, 0.25) is 0 Å². The minimum Gasteiger partial charge on any atom is -0.392 e. The zero-order chi connectivity index (χ0) is 20.8. The largest absolute Gasteiger partial charge is 0.392 e. The fourth-order valence-electron chi connectivity index (χ4n) is 2.70. The zero-order valence-electron chi connectivity index (χ0n) is 18.3. The SMILES string of the molecule is C.C.CCC(C)c1ccc(CO)cc1.CCC(C)c1ccc(COCCOC)cc1. The Morgan fingerprint density at radius 1 is 0.733 bits per heavy atom. The van der Waals surface area contributed by atoms with Crippen molar-refractivity contribution in [1.82, 2.24) is 0 Å². The van der Waals surface area contributed by atoms with Crippen LogP contribution in [0.1, 0.15) is 89.5 Å². The smallest absolute Gasteiger partial charge is 0.0718 e. The predicted molar refractivity (Wildman–Crippen MR) is 131 cm³/mol. The van der Waals surface area contributed by atoms with Crippen molar-refractivity contribution < 1.29 is 14.6 Å². The standard InChI is InChI=1S/C14H22O2.C11H16O.2CH4/c1-4-12(2)14-7-5-13(6-8-14)11-16-10-9-15-3;1-3-9(2)11-6-4-10(8-12)5-7-11;;/h5-8,12H,4,9-11H2,1-3H3;4-7,9,12H,3,8H2,1-2H3;2*1H4. The Hall–Kier alpha value is -1.68. The Kier molecular flexibility index (Phi) is 18.4. The maximum Gasteiger partial charge on any atom is 0.0718 e. The van der Waals surface area contributed by atoms with Gasteiger partial charge in [-0.1, -0.05) is 91.1 Å². The first kappa shape index (κ1) is 30.5. The normalized spacial score (nSPS) is 11.9. The Labute approximate surface area is 186 Å². The number of rotatable bonds is 10. The number of aliphatic hydroxyl groups excluding tert-OH is 1. The van der Waals surface area contributed by atoms with E-state index < -0.39 is 0 Å². The van der Waals surface area contributed by atoms with Crippen LogP contribution in [-0.2, 0) is 22.7 Å². The maximum atomic E-state index is 8.82. The molecule has 0 amide bonds. The van der Waals surface area contributed by atoms with Gasteiger partial charge in [-0.3, -0.25) is 0 Å². The van der Waals surface area contributed by atoms with Crippen LogP contribution in [0.4, 0.5) is 0 Å². The first-order valence-electron chi connectivity index (χ1n) is 10.4. The van der Waals surface area contributed by atoms with Crippen molar-refractivity contribution in [3.63, 3.8) is 0 Å². The Bertz CT molecular complexity index is 620. The molecule has 2 unspecified atom stereocenters. The van der Waals surface area contributed by atoms with Gasteiger partial charge in [-0.2, -0.15) is 0 Å². The summed E-state index contributed by atoms with van der Waals surface area (Å²) in [6, 6.07) is 16.9. The third kappa shape index (κ3) is 11.5. The highest BCUT2D eigenvalue weighted by atomic mass is 16.5. The average Bonchev–Trinajstić information content (AvgIpc) is 2.76. The molecule has 2 rings (SSSR count). The van der Waals surface area contributed by atoms with Crippen LogP contribution in [0, 0.1) is 0 Å². The van der Waals surface area contributed by atoms with Crippen molar-refractivity contribution in [2.75, 3.05) is 20.3 Å². The van der Waals surface area contributed by atoms with Crippen LogP contribution in [0.3, 0.4) is 0 Å². The van der Waals surface area contributed by atoms with Crippen molar-refractivity contribution in [3.8, 4) is 0 Å². The Morgan fingerprint density at radius 2 is 1.17 bits per heavy atom. The topological polar surface area (TPSA) is 38.7 Å². The van der Waals surface area contributed by atoms with Gasteiger partial charge >= 0.3 is 0 Å². The molecule has 0 spiro atoms. The van der Waals surface area contributed by atoms with Gasteiger partial charge in [0.1, 0.15) is 0 Å². The summed E-state index contributed by atoms with van der Waals surface area (Å²) < 4.78 is 10.4. The fraction of sp³-hybridized carbons (Fsp3) is 0.556. The molecule has 1 N–H and O–H groups in total. The van der Waals surface area contributed by atoms with Crippen LogP contribution >= 0.6 is 0 Å². The van der Waals surface area contributed by atoms with E-state index in [4.69, 9.17) is 14.6 Å². The molecule has 0 saturated heterocycles. The molecule has 0 radical (unpaired) electrons. The number of benzene rings is 2. The summed E-state index contributed by atoms with van der Waals surface area (Å²) in [5.74, 6) is 1.27. The maximum absolute atomic E-state index is 8.82. The summed E-state index contributed by atoms with van der Waals surface area (Å²) in [5.41, 5.74) is 4.98. The minimum atomic E-state index is 0. The van der Waals surface area contributed by atoms with Crippen molar-refractivity contribution in [3.05, 3.63) is 70.8 Å². The van der Waals surface area contributed by atoms with E-state index in [2.05, 4.69) is 64.1 Å². The van der Waals surface area contributed by atoms with Gasteiger partial charge in [0, 0.05) is 7.11 Å². The molecule has 0 heterocycles. The summed E-state index contributed by atoms with van der Waals surface area (Å²) >= 11 is 0. The molecule has 3 heteroatoms. The zero-order valence-corrected chi connectivity index (χ0v) is 18.3. The van der Waals surface area contributed by atoms with Crippen LogP contribution in [0.2, 0.25) is 0 Å². The number of methoxy groups -OCH3 is 1. The molecular formula is C27H46O3. The second-order valence-corrected chi connectivity index (χ2v) is 7.31. The molecule has 2 atom stereocenters. The lowest BCUT2D eigenvalue weighted by molar-refractivity contribution is 0.0616. The molecule has 0 aliphatic heterocycles. The van der Waals surface area contributed by atoms with Crippen LogP contribution in [-0.4, -0.2) is 25.4 Å². The van der Waals surface area contributed by atoms with Crippen molar-refractivity contribution in [2.24, 2.45) is 0 Å². The van der Waals surface area contributed by atoms with E-state index in [9.17, 15) is 0 Å². The van der Waals surface area contributed by atoms with E-state index >= 15 is 0 Å². The van der Waals surface area contributed by atoms with Gasteiger partial charge < -0.3 is 14.6 Å². The second kappa shape index (κ2) is 18.1. The van der Waals surface area contributed by atoms with Gasteiger partial charge in [0.25, 0.3) is 0 Å². The summed E-state index contributed by atoms with van der Waals surface area (Å²) in [6.45, 7) is 11.0. The van der Waals surface area contributed by atoms with E-state index in [0.717, 1.165) is 5.56 Å². The van der Waals surface area contributed by atoms with Gasteiger partial charge in [0.05, 0.1) is 26.4 Å². The number of hydrogen-bond donors (Lipinski definition) is 1. The average molecular weight is 419 g/mol. The van der Waals surface area contributed by atoms with Gasteiger partial charge in [0.15, 0.2) is 0 Å².